The number of aliphatic hydroxyl groups excluding tert-OH is 1. The van der Waals surface area contributed by atoms with Gasteiger partial charge in [0.1, 0.15) is 0 Å². The van der Waals surface area contributed by atoms with Gasteiger partial charge in [-0.1, -0.05) is 37.3 Å². The van der Waals surface area contributed by atoms with E-state index in [1.54, 1.807) is 0 Å². The summed E-state index contributed by atoms with van der Waals surface area (Å²) in [5.74, 6) is 0.453. The van der Waals surface area contributed by atoms with E-state index in [2.05, 4.69) is 36.5 Å². The van der Waals surface area contributed by atoms with E-state index in [1.165, 1.54) is 5.56 Å². The number of benzene rings is 1. The number of aliphatic hydroxyl groups is 1. The van der Waals surface area contributed by atoms with Gasteiger partial charge < -0.3 is 15.2 Å². The Balaban J connectivity index is 1.82. The fourth-order valence-electron chi connectivity index (χ4n) is 1.97. The van der Waals surface area contributed by atoms with Crippen LogP contribution in [0.25, 0.3) is 0 Å². The van der Waals surface area contributed by atoms with E-state index in [4.69, 9.17) is 4.74 Å². The summed E-state index contributed by atoms with van der Waals surface area (Å²) in [6.45, 7) is 4.12. The number of hydrogen-bond acceptors (Lipinski definition) is 3. The lowest BCUT2D eigenvalue weighted by molar-refractivity contribution is 0.122. The molecule has 1 aliphatic rings. The minimum atomic E-state index is -0.358. The zero-order chi connectivity index (χ0) is 11.4. The zero-order valence-electron chi connectivity index (χ0n) is 9.60. The van der Waals surface area contributed by atoms with Crippen LogP contribution in [0, 0.1) is 0 Å². The second-order valence-corrected chi connectivity index (χ2v) is 4.43. The average Bonchev–Trinajstić information content (AvgIpc) is 2.73. The minimum absolute atomic E-state index is 0.0890. The lowest BCUT2D eigenvalue weighted by atomic mass is 10.0. The Morgan fingerprint density at radius 2 is 2.12 bits per heavy atom. The molecular formula is C13H19NO2. The predicted molar refractivity (Wildman–Crippen MR) is 63.5 cm³/mol. The third kappa shape index (κ3) is 2.82. The summed E-state index contributed by atoms with van der Waals surface area (Å²) in [7, 11) is 0. The van der Waals surface area contributed by atoms with Gasteiger partial charge in [0, 0.05) is 6.54 Å². The Labute approximate surface area is 96.4 Å². The van der Waals surface area contributed by atoms with Gasteiger partial charge in [-0.05, 0) is 11.5 Å². The Morgan fingerprint density at radius 3 is 2.75 bits per heavy atom. The zero-order valence-corrected chi connectivity index (χ0v) is 9.60. The largest absolute Gasteiger partial charge is 0.389 e. The molecule has 2 N–H and O–H groups in total. The van der Waals surface area contributed by atoms with E-state index in [0.717, 1.165) is 6.54 Å². The van der Waals surface area contributed by atoms with Gasteiger partial charge in [-0.25, -0.2) is 0 Å². The van der Waals surface area contributed by atoms with Gasteiger partial charge >= 0.3 is 0 Å². The summed E-state index contributed by atoms with van der Waals surface area (Å²) in [6, 6.07) is 10.5. The predicted octanol–water partition coefficient (Wildman–Crippen LogP) is 1.14. The number of rotatable bonds is 4. The monoisotopic (exact) mass is 221 g/mol. The summed E-state index contributed by atoms with van der Waals surface area (Å²) >= 11 is 0. The minimum Gasteiger partial charge on any atom is -0.389 e. The molecule has 1 fully saturated rings. The average molecular weight is 221 g/mol. The van der Waals surface area contributed by atoms with E-state index in [-0.39, 0.29) is 12.1 Å². The standard InChI is InChI=1S/C13H19NO2/c1-10(11-5-3-2-4-6-11)7-14-12-8-16-9-13(12)15/h2-6,10,12-15H,7-9H2,1H3. The summed E-state index contributed by atoms with van der Waals surface area (Å²) < 4.78 is 5.19. The summed E-state index contributed by atoms with van der Waals surface area (Å²) in [5.41, 5.74) is 1.32. The van der Waals surface area contributed by atoms with Crippen LogP contribution < -0.4 is 5.32 Å². The van der Waals surface area contributed by atoms with Gasteiger partial charge in [-0.2, -0.15) is 0 Å². The van der Waals surface area contributed by atoms with Crippen molar-refractivity contribution >= 4 is 0 Å². The van der Waals surface area contributed by atoms with Gasteiger partial charge in [0.15, 0.2) is 0 Å². The molecule has 1 heterocycles. The lowest BCUT2D eigenvalue weighted by Gasteiger charge is -2.18. The van der Waals surface area contributed by atoms with Crippen LogP contribution in [0.1, 0.15) is 18.4 Å². The first-order chi connectivity index (χ1) is 7.77. The molecule has 0 bridgehead atoms. The number of hydrogen-bond donors (Lipinski definition) is 2. The smallest absolute Gasteiger partial charge is 0.0948 e. The van der Waals surface area contributed by atoms with Crippen molar-refractivity contribution in [3.8, 4) is 0 Å². The second-order valence-electron chi connectivity index (χ2n) is 4.43. The molecule has 1 aliphatic heterocycles. The number of nitrogens with one attached hydrogen (secondary N) is 1. The third-order valence-electron chi connectivity index (χ3n) is 3.11. The molecule has 3 unspecified atom stereocenters. The van der Waals surface area contributed by atoms with Crippen LogP contribution in [0.5, 0.6) is 0 Å². The van der Waals surface area contributed by atoms with Crippen LogP contribution in [0.3, 0.4) is 0 Å². The quantitative estimate of drug-likeness (QED) is 0.801. The molecule has 3 heteroatoms. The molecule has 88 valence electrons. The Bertz CT molecular complexity index is 315. The highest BCUT2D eigenvalue weighted by atomic mass is 16.5. The van der Waals surface area contributed by atoms with Gasteiger partial charge in [-0.15, -0.1) is 0 Å². The van der Waals surface area contributed by atoms with Gasteiger partial charge in [0.2, 0.25) is 0 Å². The van der Waals surface area contributed by atoms with Crippen molar-refractivity contribution in [2.24, 2.45) is 0 Å². The normalized spacial score (nSPS) is 26.9. The van der Waals surface area contributed by atoms with Gasteiger partial charge in [0.05, 0.1) is 25.4 Å². The molecule has 0 saturated carbocycles. The highest BCUT2D eigenvalue weighted by Gasteiger charge is 2.25. The van der Waals surface area contributed by atoms with E-state index in [9.17, 15) is 5.11 Å². The Morgan fingerprint density at radius 1 is 1.38 bits per heavy atom. The van der Waals surface area contributed by atoms with Crippen molar-refractivity contribution in [2.75, 3.05) is 19.8 Å². The molecule has 3 nitrogen and oxygen atoms in total. The van der Waals surface area contributed by atoms with Gasteiger partial charge in [-0.3, -0.25) is 0 Å². The van der Waals surface area contributed by atoms with E-state index < -0.39 is 0 Å². The molecule has 3 atom stereocenters. The summed E-state index contributed by atoms with van der Waals surface area (Å²) in [6.07, 6.45) is -0.358. The summed E-state index contributed by atoms with van der Waals surface area (Å²) in [5, 5.41) is 12.9. The van der Waals surface area contributed by atoms with Crippen molar-refractivity contribution in [2.45, 2.75) is 25.0 Å². The Kier molecular flexibility index (Phi) is 3.93. The van der Waals surface area contributed by atoms with Crippen LogP contribution in [-0.4, -0.2) is 37.0 Å². The van der Waals surface area contributed by atoms with Crippen molar-refractivity contribution < 1.29 is 9.84 Å². The maximum atomic E-state index is 9.58. The lowest BCUT2D eigenvalue weighted by Crippen LogP contribution is -2.40. The van der Waals surface area contributed by atoms with Crippen molar-refractivity contribution in [1.82, 2.24) is 5.32 Å². The van der Waals surface area contributed by atoms with E-state index in [0.29, 0.717) is 19.1 Å². The molecule has 0 spiro atoms. The maximum Gasteiger partial charge on any atom is 0.0948 e. The fourth-order valence-corrected chi connectivity index (χ4v) is 1.97. The SMILES string of the molecule is CC(CNC1COCC1O)c1ccccc1. The first kappa shape index (κ1) is 11.6. The molecule has 0 radical (unpaired) electrons. The highest BCUT2D eigenvalue weighted by Crippen LogP contribution is 2.14. The van der Waals surface area contributed by atoms with Crippen LogP contribution >= 0.6 is 0 Å². The van der Waals surface area contributed by atoms with Crippen LogP contribution in [0.4, 0.5) is 0 Å². The maximum absolute atomic E-state index is 9.58. The summed E-state index contributed by atoms with van der Waals surface area (Å²) in [4.78, 5) is 0. The highest BCUT2D eigenvalue weighted by molar-refractivity contribution is 5.19. The first-order valence-corrected chi connectivity index (χ1v) is 5.81. The molecule has 1 saturated heterocycles. The third-order valence-corrected chi connectivity index (χ3v) is 3.11. The molecule has 1 aromatic carbocycles. The molecule has 0 aliphatic carbocycles. The van der Waals surface area contributed by atoms with Crippen LogP contribution in [-0.2, 0) is 4.74 Å². The van der Waals surface area contributed by atoms with Crippen molar-refractivity contribution in [3.63, 3.8) is 0 Å². The fraction of sp³-hybridized carbons (Fsp3) is 0.538. The number of ether oxygens (including phenoxy) is 1. The molecule has 0 aromatic heterocycles. The first-order valence-electron chi connectivity index (χ1n) is 5.81. The van der Waals surface area contributed by atoms with Crippen molar-refractivity contribution in [3.05, 3.63) is 35.9 Å². The second kappa shape index (κ2) is 5.43. The molecule has 1 aromatic rings. The van der Waals surface area contributed by atoms with Crippen molar-refractivity contribution in [1.29, 1.82) is 0 Å². The molecule has 16 heavy (non-hydrogen) atoms. The molecular weight excluding hydrogens is 202 g/mol. The Hall–Kier alpha value is -0.900. The van der Waals surface area contributed by atoms with Crippen LogP contribution in [0.15, 0.2) is 30.3 Å². The van der Waals surface area contributed by atoms with Crippen LogP contribution in [0.2, 0.25) is 0 Å². The molecule has 2 rings (SSSR count). The van der Waals surface area contributed by atoms with Gasteiger partial charge in [0.25, 0.3) is 0 Å². The topological polar surface area (TPSA) is 41.5 Å². The van der Waals surface area contributed by atoms with E-state index >= 15 is 0 Å². The van der Waals surface area contributed by atoms with E-state index in [1.807, 2.05) is 6.07 Å². The molecule has 0 amide bonds.